The third-order valence-corrected chi connectivity index (χ3v) is 3.95. The van der Waals surface area contributed by atoms with Crippen LogP contribution in [-0.4, -0.2) is 32.3 Å². The van der Waals surface area contributed by atoms with E-state index in [4.69, 9.17) is 9.47 Å². The van der Waals surface area contributed by atoms with Gasteiger partial charge >= 0.3 is 0 Å². The van der Waals surface area contributed by atoms with Crippen LogP contribution in [0.3, 0.4) is 0 Å². The number of hydrogen-bond donors (Lipinski definition) is 2. The van der Waals surface area contributed by atoms with E-state index >= 15 is 0 Å². The van der Waals surface area contributed by atoms with Gasteiger partial charge in [-0.1, -0.05) is 37.3 Å². The molecule has 1 amide bonds. The first-order chi connectivity index (χ1) is 12.7. The second-order valence-corrected chi connectivity index (χ2v) is 5.86. The van der Waals surface area contributed by atoms with Crippen LogP contribution >= 0.6 is 0 Å². The SMILES string of the molecule is CCOCCOc1ccc(NCC(=O)NC(CC)c2ccccc2)cc1. The Balaban J connectivity index is 1.76. The van der Waals surface area contributed by atoms with Crippen LogP contribution < -0.4 is 15.4 Å². The summed E-state index contributed by atoms with van der Waals surface area (Å²) in [6.45, 7) is 6.05. The van der Waals surface area contributed by atoms with Crippen molar-refractivity contribution in [1.29, 1.82) is 0 Å². The van der Waals surface area contributed by atoms with Crippen molar-refractivity contribution in [3.8, 4) is 5.75 Å². The second-order valence-electron chi connectivity index (χ2n) is 5.86. The maximum absolute atomic E-state index is 12.2. The maximum Gasteiger partial charge on any atom is 0.239 e. The van der Waals surface area contributed by atoms with E-state index < -0.39 is 0 Å². The summed E-state index contributed by atoms with van der Waals surface area (Å²) in [6, 6.07) is 17.6. The van der Waals surface area contributed by atoms with E-state index in [1.165, 1.54) is 0 Å². The second kappa shape index (κ2) is 11.2. The molecule has 0 aliphatic carbocycles. The first-order valence-corrected chi connectivity index (χ1v) is 9.11. The number of rotatable bonds is 11. The third-order valence-electron chi connectivity index (χ3n) is 3.95. The van der Waals surface area contributed by atoms with Crippen LogP contribution in [0.2, 0.25) is 0 Å². The van der Waals surface area contributed by atoms with E-state index in [1.807, 2.05) is 61.5 Å². The van der Waals surface area contributed by atoms with Crippen LogP contribution in [0.5, 0.6) is 5.75 Å². The molecular formula is C21H28N2O3. The zero-order chi connectivity index (χ0) is 18.6. The molecule has 2 aromatic carbocycles. The maximum atomic E-state index is 12.2. The molecule has 0 fully saturated rings. The number of hydrogen-bond acceptors (Lipinski definition) is 4. The summed E-state index contributed by atoms with van der Waals surface area (Å²) >= 11 is 0. The van der Waals surface area contributed by atoms with Crippen molar-refractivity contribution in [1.82, 2.24) is 5.32 Å². The van der Waals surface area contributed by atoms with Gasteiger partial charge in [-0.2, -0.15) is 0 Å². The molecule has 0 aliphatic heterocycles. The minimum Gasteiger partial charge on any atom is -0.491 e. The van der Waals surface area contributed by atoms with Gasteiger partial charge in [0, 0.05) is 12.3 Å². The van der Waals surface area contributed by atoms with Crippen LogP contribution in [-0.2, 0) is 9.53 Å². The molecule has 1 atom stereocenters. The first-order valence-electron chi connectivity index (χ1n) is 9.11. The number of amides is 1. The van der Waals surface area contributed by atoms with Gasteiger partial charge in [-0.05, 0) is 43.2 Å². The van der Waals surface area contributed by atoms with E-state index in [2.05, 4.69) is 17.6 Å². The molecule has 0 saturated carbocycles. The zero-order valence-electron chi connectivity index (χ0n) is 15.5. The molecule has 0 spiro atoms. The normalized spacial score (nSPS) is 11.6. The fraction of sp³-hybridized carbons (Fsp3) is 0.381. The number of carbonyl (C=O) groups is 1. The lowest BCUT2D eigenvalue weighted by Crippen LogP contribution is -2.33. The van der Waals surface area contributed by atoms with E-state index in [1.54, 1.807) is 0 Å². The molecule has 1 unspecified atom stereocenters. The monoisotopic (exact) mass is 356 g/mol. The highest BCUT2D eigenvalue weighted by Gasteiger charge is 2.12. The minimum absolute atomic E-state index is 0.0299. The summed E-state index contributed by atoms with van der Waals surface area (Å²) in [7, 11) is 0. The molecule has 2 aromatic rings. The Bertz CT molecular complexity index is 644. The number of nitrogens with one attached hydrogen (secondary N) is 2. The van der Waals surface area contributed by atoms with Gasteiger partial charge in [-0.3, -0.25) is 4.79 Å². The Hall–Kier alpha value is -2.53. The predicted octanol–water partition coefficient (Wildman–Crippen LogP) is 3.78. The number of benzene rings is 2. The first kappa shape index (κ1) is 19.8. The predicted molar refractivity (Wildman–Crippen MR) is 105 cm³/mol. The highest BCUT2D eigenvalue weighted by atomic mass is 16.5. The van der Waals surface area contributed by atoms with Gasteiger partial charge in [0.2, 0.25) is 5.91 Å². The molecule has 0 bridgehead atoms. The van der Waals surface area contributed by atoms with Crippen molar-refractivity contribution in [2.45, 2.75) is 26.3 Å². The summed E-state index contributed by atoms with van der Waals surface area (Å²) in [5.41, 5.74) is 2.00. The Kier molecular flexibility index (Phi) is 8.49. The average molecular weight is 356 g/mol. The Labute approximate surface area is 155 Å². The summed E-state index contributed by atoms with van der Waals surface area (Å²) in [6.07, 6.45) is 0.851. The van der Waals surface area contributed by atoms with Gasteiger partial charge in [-0.15, -0.1) is 0 Å². The molecule has 0 aliphatic rings. The molecule has 5 heteroatoms. The van der Waals surface area contributed by atoms with Crippen molar-refractivity contribution < 1.29 is 14.3 Å². The Morgan fingerprint density at radius 3 is 2.38 bits per heavy atom. The number of anilines is 1. The summed E-state index contributed by atoms with van der Waals surface area (Å²) in [5, 5.41) is 6.20. The van der Waals surface area contributed by atoms with Crippen molar-refractivity contribution in [3.05, 3.63) is 60.2 Å². The molecule has 0 heterocycles. The van der Waals surface area contributed by atoms with E-state index in [0.29, 0.717) is 19.8 Å². The van der Waals surface area contributed by atoms with Crippen LogP contribution in [0.25, 0.3) is 0 Å². The lowest BCUT2D eigenvalue weighted by Gasteiger charge is -2.18. The average Bonchev–Trinajstić information content (AvgIpc) is 2.69. The molecule has 0 aromatic heterocycles. The van der Waals surface area contributed by atoms with E-state index in [-0.39, 0.29) is 18.5 Å². The van der Waals surface area contributed by atoms with Crippen LogP contribution in [0.1, 0.15) is 31.9 Å². The smallest absolute Gasteiger partial charge is 0.239 e. The Morgan fingerprint density at radius 2 is 1.73 bits per heavy atom. The lowest BCUT2D eigenvalue weighted by atomic mass is 10.0. The molecule has 2 rings (SSSR count). The number of ether oxygens (including phenoxy) is 2. The van der Waals surface area contributed by atoms with Crippen molar-refractivity contribution in [2.75, 3.05) is 31.7 Å². The fourth-order valence-electron chi connectivity index (χ4n) is 2.57. The highest BCUT2D eigenvalue weighted by Crippen LogP contribution is 2.17. The van der Waals surface area contributed by atoms with Gasteiger partial charge in [0.15, 0.2) is 0 Å². The van der Waals surface area contributed by atoms with Gasteiger partial charge in [0.1, 0.15) is 12.4 Å². The standard InChI is InChI=1S/C21H28N2O3/c1-3-20(17-8-6-5-7-9-17)23-21(24)16-22-18-10-12-19(13-11-18)26-15-14-25-4-2/h5-13,20,22H,3-4,14-16H2,1-2H3,(H,23,24). The molecule has 2 N–H and O–H groups in total. The lowest BCUT2D eigenvalue weighted by molar-refractivity contribution is -0.120. The molecular weight excluding hydrogens is 328 g/mol. The largest absolute Gasteiger partial charge is 0.491 e. The van der Waals surface area contributed by atoms with Crippen molar-refractivity contribution >= 4 is 11.6 Å². The summed E-state index contributed by atoms with van der Waals surface area (Å²) in [5.74, 6) is 0.757. The Morgan fingerprint density at radius 1 is 1.00 bits per heavy atom. The van der Waals surface area contributed by atoms with Gasteiger partial charge in [0.05, 0.1) is 19.2 Å². The third kappa shape index (κ3) is 6.76. The van der Waals surface area contributed by atoms with Gasteiger partial charge in [-0.25, -0.2) is 0 Å². The van der Waals surface area contributed by atoms with Crippen molar-refractivity contribution in [3.63, 3.8) is 0 Å². The summed E-state index contributed by atoms with van der Waals surface area (Å²) in [4.78, 5) is 12.2. The quantitative estimate of drug-likeness (QED) is 0.602. The minimum atomic E-state index is -0.0299. The summed E-state index contributed by atoms with van der Waals surface area (Å²) < 4.78 is 10.8. The van der Waals surface area contributed by atoms with Gasteiger partial charge < -0.3 is 20.1 Å². The van der Waals surface area contributed by atoms with Crippen molar-refractivity contribution in [2.24, 2.45) is 0 Å². The van der Waals surface area contributed by atoms with E-state index in [0.717, 1.165) is 23.4 Å². The van der Waals surface area contributed by atoms with Crippen LogP contribution in [0.15, 0.2) is 54.6 Å². The van der Waals surface area contributed by atoms with E-state index in [9.17, 15) is 4.79 Å². The zero-order valence-corrected chi connectivity index (χ0v) is 15.5. The molecule has 5 nitrogen and oxygen atoms in total. The topological polar surface area (TPSA) is 59.6 Å². The molecule has 26 heavy (non-hydrogen) atoms. The van der Waals surface area contributed by atoms with Crippen LogP contribution in [0.4, 0.5) is 5.69 Å². The fourth-order valence-corrected chi connectivity index (χ4v) is 2.57. The molecule has 0 saturated heterocycles. The van der Waals surface area contributed by atoms with Crippen LogP contribution in [0, 0.1) is 0 Å². The molecule has 140 valence electrons. The number of carbonyl (C=O) groups excluding carboxylic acids is 1. The molecule has 0 radical (unpaired) electrons. The van der Waals surface area contributed by atoms with Gasteiger partial charge in [0.25, 0.3) is 0 Å². The highest BCUT2D eigenvalue weighted by molar-refractivity contribution is 5.81.